The maximum absolute atomic E-state index is 12.9. The smallest absolute Gasteiger partial charge is 0.343 e. The Kier molecular flexibility index (Phi) is 6.15. The molecule has 0 spiro atoms. The van der Waals surface area contributed by atoms with Gasteiger partial charge < -0.3 is 14.9 Å². The quantitative estimate of drug-likeness (QED) is 0.593. The zero-order valence-electron chi connectivity index (χ0n) is 15.7. The number of hydrogen-bond acceptors (Lipinski definition) is 5. The van der Waals surface area contributed by atoms with Gasteiger partial charge in [0.15, 0.2) is 0 Å². The first-order chi connectivity index (χ1) is 12.8. The number of carbonyl (C=O) groups is 1. The molecule has 0 aliphatic heterocycles. The minimum Gasteiger partial charge on any atom is -0.488 e. The number of benzene rings is 2. The molecule has 0 atom stereocenters. The van der Waals surface area contributed by atoms with Crippen LogP contribution in [0.15, 0.2) is 49.0 Å². The average molecular weight is 362 g/mol. The van der Waals surface area contributed by atoms with Gasteiger partial charge in [0.2, 0.25) is 0 Å². The third-order valence-corrected chi connectivity index (χ3v) is 3.62. The maximum Gasteiger partial charge on any atom is 0.343 e. The number of ether oxygens (including phenoxy) is 2. The molecule has 138 valence electrons. The predicted molar refractivity (Wildman–Crippen MR) is 105 cm³/mol. The normalized spacial score (nSPS) is 10.6. The van der Waals surface area contributed by atoms with Crippen LogP contribution in [-0.4, -0.2) is 17.8 Å². The highest BCUT2D eigenvalue weighted by atomic mass is 16.6. The molecule has 0 radical (unpaired) electrons. The third kappa shape index (κ3) is 5.05. The molecule has 2 rings (SSSR count). The number of carbonyl (C=O) groups excluding carboxylic acids is 1. The zero-order valence-corrected chi connectivity index (χ0v) is 15.7. The summed E-state index contributed by atoms with van der Waals surface area (Å²) in [7, 11) is 0. The van der Waals surface area contributed by atoms with Gasteiger partial charge in [-0.1, -0.05) is 36.9 Å². The Balaban J connectivity index is 2.54. The van der Waals surface area contributed by atoms with Crippen LogP contribution in [-0.2, 0) is 11.3 Å². The topological polar surface area (TPSA) is 83.2 Å². The van der Waals surface area contributed by atoms with Gasteiger partial charge in [-0.15, -0.1) is 0 Å². The average Bonchev–Trinajstić information content (AvgIpc) is 2.64. The summed E-state index contributed by atoms with van der Waals surface area (Å²) in [6, 6.07) is 14.7. The van der Waals surface area contributed by atoms with E-state index in [9.17, 15) is 10.1 Å². The van der Waals surface area contributed by atoms with Crippen molar-refractivity contribution in [3.05, 3.63) is 71.3 Å². The van der Waals surface area contributed by atoms with Crippen molar-refractivity contribution in [3.63, 3.8) is 0 Å². The highest BCUT2D eigenvalue weighted by Crippen LogP contribution is 2.32. The fraction of sp³-hybridized carbons (Fsp3) is 0.227. The van der Waals surface area contributed by atoms with E-state index in [1.165, 1.54) is 0 Å². The van der Waals surface area contributed by atoms with Gasteiger partial charge in [-0.25, -0.2) is 4.79 Å². The molecule has 5 nitrogen and oxygen atoms in total. The highest BCUT2D eigenvalue weighted by Gasteiger charge is 2.27. The first kappa shape index (κ1) is 19.9. The Bertz CT molecular complexity index is 904. The zero-order chi connectivity index (χ0) is 20.0. The standard InChI is InChI=1S/C22H22N2O3/c1-15(12-23)19-17(13-24)10-11-18(20(19)21(25)27-22(2,3)4)26-14-16-8-6-5-7-9-16/h5-12,23H,1,14H2,2-4H3. The van der Waals surface area contributed by atoms with Crippen LogP contribution in [0.1, 0.15) is 47.8 Å². The Morgan fingerprint density at radius 2 is 1.85 bits per heavy atom. The lowest BCUT2D eigenvalue weighted by atomic mass is 9.95. The summed E-state index contributed by atoms with van der Waals surface area (Å²) in [5.74, 6) is -0.342. The molecule has 5 heteroatoms. The Morgan fingerprint density at radius 3 is 2.41 bits per heavy atom. The van der Waals surface area contributed by atoms with E-state index in [1.807, 2.05) is 36.4 Å². The van der Waals surface area contributed by atoms with E-state index in [4.69, 9.17) is 14.9 Å². The van der Waals surface area contributed by atoms with Crippen LogP contribution in [0.5, 0.6) is 5.75 Å². The van der Waals surface area contributed by atoms with Crippen molar-refractivity contribution in [2.24, 2.45) is 0 Å². The van der Waals surface area contributed by atoms with E-state index in [-0.39, 0.29) is 34.6 Å². The molecule has 2 aromatic rings. The molecule has 27 heavy (non-hydrogen) atoms. The van der Waals surface area contributed by atoms with E-state index in [2.05, 4.69) is 6.58 Å². The molecule has 2 aromatic carbocycles. The summed E-state index contributed by atoms with van der Waals surface area (Å²) in [5, 5.41) is 17.0. The van der Waals surface area contributed by atoms with Crippen molar-refractivity contribution < 1.29 is 14.3 Å². The van der Waals surface area contributed by atoms with Crippen LogP contribution in [0, 0.1) is 16.7 Å². The van der Waals surface area contributed by atoms with Crippen LogP contribution in [0.25, 0.3) is 5.57 Å². The number of esters is 1. The molecule has 0 bridgehead atoms. The molecular weight excluding hydrogens is 340 g/mol. The second kappa shape index (κ2) is 8.33. The Morgan fingerprint density at radius 1 is 1.19 bits per heavy atom. The summed E-state index contributed by atoms with van der Waals surface area (Å²) in [4.78, 5) is 12.9. The van der Waals surface area contributed by atoms with Crippen molar-refractivity contribution >= 4 is 17.8 Å². The van der Waals surface area contributed by atoms with E-state index in [1.54, 1.807) is 32.9 Å². The second-order valence-electron chi connectivity index (χ2n) is 6.92. The van der Waals surface area contributed by atoms with E-state index >= 15 is 0 Å². The van der Waals surface area contributed by atoms with Crippen LogP contribution in [0.4, 0.5) is 0 Å². The predicted octanol–water partition coefficient (Wildman–Crippen LogP) is 4.76. The van der Waals surface area contributed by atoms with E-state index in [0.717, 1.165) is 11.8 Å². The maximum atomic E-state index is 12.9. The second-order valence-corrected chi connectivity index (χ2v) is 6.92. The van der Waals surface area contributed by atoms with E-state index in [0.29, 0.717) is 0 Å². The van der Waals surface area contributed by atoms with Gasteiger partial charge in [0.1, 0.15) is 23.5 Å². The minimum atomic E-state index is -0.723. The fourth-order valence-corrected chi connectivity index (χ4v) is 2.47. The van der Waals surface area contributed by atoms with Gasteiger partial charge >= 0.3 is 5.97 Å². The molecule has 0 heterocycles. The van der Waals surface area contributed by atoms with E-state index < -0.39 is 11.6 Å². The van der Waals surface area contributed by atoms with Crippen LogP contribution in [0.2, 0.25) is 0 Å². The number of allylic oxidation sites excluding steroid dienone is 1. The Hall–Kier alpha value is -3.39. The first-order valence-corrected chi connectivity index (χ1v) is 8.43. The highest BCUT2D eigenvalue weighted by molar-refractivity contribution is 6.13. The molecule has 0 aliphatic carbocycles. The molecule has 0 aromatic heterocycles. The van der Waals surface area contributed by atoms with Crippen LogP contribution < -0.4 is 4.74 Å². The van der Waals surface area contributed by atoms with Crippen LogP contribution in [0.3, 0.4) is 0 Å². The van der Waals surface area contributed by atoms with Crippen molar-refractivity contribution in [3.8, 4) is 11.8 Å². The van der Waals surface area contributed by atoms with Gasteiger partial charge in [0, 0.05) is 11.8 Å². The summed E-state index contributed by atoms with van der Waals surface area (Å²) in [5.41, 5.74) is 1.04. The van der Waals surface area contributed by atoms with Gasteiger partial charge in [-0.05, 0) is 44.0 Å². The lowest BCUT2D eigenvalue weighted by Gasteiger charge is -2.22. The number of nitrogens with one attached hydrogen (secondary N) is 1. The molecule has 0 amide bonds. The number of hydrogen-bond donors (Lipinski definition) is 1. The molecule has 0 saturated heterocycles. The van der Waals surface area contributed by atoms with Gasteiger partial charge in [-0.2, -0.15) is 5.26 Å². The molecule has 0 unspecified atom stereocenters. The summed E-state index contributed by atoms with van der Waals surface area (Å²) < 4.78 is 11.4. The summed E-state index contributed by atoms with van der Waals surface area (Å²) in [6.45, 7) is 9.32. The molecule has 0 saturated carbocycles. The van der Waals surface area contributed by atoms with Crippen LogP contribution >= 0.6 is 0 Å². The van der Waals surface area contributed by atoms with Gasteiger partial charge in [0.05, 0.1) is 11.6 Å². The first-order valence-electron chi connectivity index (χ1n) is 8.43. The Labute approximate surface area is 159 Å². The number of nitriles is 1. The van der Waals surface area contributed by atoms with Gasteiger partial charge in [0.25, 0.3) is 0 Å². The monoisotopic (exact) mass is 362 g/mol. The lowest BCUT2D eigenvalue weighted by Crippen LogP contribution is -2.25. The van der Waals surface area contributed by atoms with Crippen molar-refractivity contribution in [1.29, 1.82) is 10.7 Å². The SMILES string of the molecule is C=C(C=N)c1c(C#N)ccc(OCc2ccccc2)c1C(=O)OC(C)(C)C. The molecular formula is C22H22N2O3. The third-order valence-electron chi connectivity index (χ3n) is 3.62. The van der Waals surface area contributed by atoms with Crippen molar-refractivity contribution in [2.75, 3.05) is 0 Å². The number of rotatable bonds is 6. The van der Waals surface area contributed by atoms with Gasteiger partial charge in [-0.3, -0.25) is 0 Å². The molecule has 0 aliphatic rings. The molecule has 0 fully saturated rings. The molecule has 1 N–H and O–H groups in total. The van der Waals surface area contributed by atoms with Crippen molar-refractivity contribution in [2.45, 2.75) is 33.0 Å². The fourth-order valence-electron chi connectivity index (χ4n) is 2.47. The summed E-state index contributed by atoms with van der Waals surface area (Å²) >= 11 is 0. The largest absolute Gasteiger partial charge is 0.488 e. The summed E-state index contributed by atoms with van der Waals surface area (Å²) in [6.07, 6.45) is 1.00. The van der Waals surface area contributed by atoms with Crippen molar-refractivity contribution in [1.82, 2.24) is 0 Å². The number of nitrogens with zero attached hydrogens (tertiary/aromatic N) is 1. The minimum absolute atomic E-state index is 0.105. The lowest BCUT2D eigenvalue weighted by molar-refractivity contribution is 0.00651.